The smallest absolute Gasteiger partial charge is 0.126 e. The molecule has 0 aliphatic carbocycles. The Morgan fingerprint density at radius 1 is 1.00 bits per heavy atom. The van der Waals surface area contributed by atoms with Crippen molar-refractivity contribution >= 4 is 11.6 Å². The molecule has 0 radical (unpaired) electrons. The summed E-state index contributed by atoms with van der Waals surface area (Å²) in [7, 11) is 0. The lowest BCUT2D eigenvalue weighted by Crippen LogP contribution is -2.02. The van der Waals surface area contributed by atoms with Crippen molar-refractivity contribution in [1.82, 2.24) is 0 Å². The molecule has 0 N–H and O–H groups in total. The van der Waals surface area contributed by atoms with E-state index in [0.29, 0.717) is 19.1 Å². The highest BCUT2D eigenvalue weighted by Crippen LogP contribution is 2.26. The van der Waals surface area contributed by atoms with Gasteiger partial charge in [0, 0.05) is 11.9 Å². The van der Waals surface area contributed by atoms with E-state index >= 15 is 0 Å². The molecule has 21 heavy (non-hydrogen) atoms. The van der Waals surface area contributed by atoms with E-state index in [1.165, 1.54) is 5.56 Å². The van der Waals surface area contributed by atoms with Crippen LogP contribution >= 0.6 is 11.6 Å². The fourth-order valence-corrected chi connectivity index (χ4v) is 2.14. The Morgan fingerprint density at radius 2 is 1.81 bits per heavy atom. The molecular weight excluding hydrogens is 284 g/mol. The van der Waals surface area contributed by atoms with Gasteiger partial charge in [0.25, 0.3) is 0 Å². The molecule has 2 aromatic rings. The third-order valence-corrected chi connectivity index (χ3v) is 3.47. The molecule has 0 aliphatic rings. The van der Waals surface area contributed by atoms with Crippen LogP contribution in [0.3, 0.4) is 0 Å². The third kappa shape index (κ3) is 4.98. The van der Waals surface area contributed by atoms with Crippen molar-refractivity contribution in [3.8, 4) is 11.5 Å². The molecule has 0 aliphatic heterocycles. The van der Waals surface area contributed by atoms with Crippen molar-refractivity contribution in [2.45, 2.75) is 26.4 Å². The number of hydrogen-bond donors (Lipinski definition) is 0. The summed E-state index contributed by atoms with van der Waals surface area (Å²) in [6.45, 7) is 3.32. The largest absolute Gasteiger partial charge is 0.493 e. The number of rotatable bonds is 8. The van der Waals surface area contributed by atoms with Crippen LogP contribution in [-0.2, 0) is 13.0 Å². The Hall–Kier alpha value is -1.67. The van der Waals surface area contributed by atoms with Crippen LogP contribution < -0.4 is 9.47 Å². The second kappa shape index (κ2) is 8.58. The lowest BCUT2D eigenvalue weighted by molar-refractivity contribution is 0.293. The lowest BCUT2D eigenvalue weighted by Gasteiger charge is -2.13. The van der Waals surface area contributed by atoms with Crippen molar-refractivity contribution in [2.24, 2.45) is 0 Å². The zero-order valence-corrected chi connectivity index (χ0v) is 13.1. The summed E-state index contributed by atoms with van der Waals surface area (Å²) in [4.78, 5) is 0. The van der Waals surface area contributed by atoms with Crippen LogP contribution in [0.25, 0.3) is 0 Å². The molecule has 0 saturated heterocycles. The average molecular weight is 305 g/mol. The summed E-state index contributed by atoms with van der Waals surface area (Å²) < 4.78 is 11.6. The van der Waals surface area contributed by atoms with Gasteiger partial charge < -0.3 is 9.47 Å². The molecule has 2 rings (SSSR count). The minimum Gasteiger partial charge on any atom is -0.493 e. The SMILES string of the molecule is CCc1ccc(OCc2ccccc2)cc1OCCCCl. The first-order valence-corrected chi connectivity index (χ1v) is 7.85. The maximum Gasteiger partial charge on any atom is 0.126 e. The fraction of sp³-hybridized carbons (Fsp3) is 0.333. The molecule has 0 fully saturated rings. The normalized spacial score (nSPS) is 10.4. The van der Waals surface area contributed by atoms with Crippen molar-refractivity contribution in [3.05, 3.63) is 59.7 Å². The van der Waals surface area contributed by atoms with Gasteiger partial charge in [-0.15, -0.1) is 11.6 Å². The number of aryl methyl sites for hydroxylation is 1. The topological polar surface area (TPSA) is 18.5 Å². The summed E-state index contributed by atoms with van der Waals surface area (Å²) >= 11 is 5.69. The second-order valence-electron chi connectivity index (χ2n) is 4.79. The van der Waals surface area contributed by atoms with Crippen LogP contribution in [0.2, 0.25) is 0 Å². The molecule has 0 amide bonds. The minimum atomic E-state index is 0.563. The Bertz CT molecular complexity index is 540. The first kappa shape index (κ1) is 15.7. The predicted molar refractivity (Wildman–Crippen MR) is 87.4 cm³/mol. The van der Waals surface area contributed by atoms with Crippen LogP contribution in [-0.4, -0.2) is 12.5 Å². The Labute approximate surface area is 131 Å². The van der Waals surface area contributed by atoms with Crippen molar-refractivity contribution in [3.63, 3.8) is 0 Å². The van der Waals surface area contributed by atoms with E-state index < -0.39 is 0 Å². The summed E-state index contributed by atoms with van der Waals surface area (Å²) in [6, 6.07) is 16.2. The standard InChI is InChI=1S/C18H21ClO2/c1-2-16-9-10-17(13-18(16)20-12-6-11-19)21-14-15-7-4-3-5-8-15/h3-5,7-10,13H,2,6,11-12,14H2,1H3. The molecule has 3 heteroatoms. The van der Waals surface area contributed by atoms with Crippen LogP contribution in [0.4, 0.5) is 0 Å². The highest BCUT2D eigenvalue weighted by molar-refractivity contribution is 6.17. The van der Waals surface area contributed by atoms with Gasteiger partial charge in [-0.25, -0.2) is 0 Å². The molecule has 2 nitrogen and oxygen atoms in total. The van der Waals surface area contributed by atoms with Crippen molar-refractivity contribution < 1.29 is 9.47 Å². The van der Waals surface area contributed by atoms with Crippen molar-refractivity contribution in [1.29, 1.82) is 0 Å². The second-order valence-corrected chi connectivity index (χ2v) is 5.17. The number of alkyl halides is 1. The van der Waals surface area contributed by atoms with E-state index in [-0.39, 0.29) is 0 Å². The molecule has 0 heterocycles. The van der Waals surface area contributed by atoms with Gasteiger partial charge in [-0.1, -0.05) is 43.3 Å². The zero-order chi connectivity index (χ0) is 14.9. The Kier molecular flexibility index (Phi) is 6.42. The number of ether oxygens (including phenoxy) is 2. The number of halogens is 1. The zero-order valence-electron chi connectivity index (χ0n) is 12.3. The van der Waals surface area contributed by atoms with Crippen LogP contribution in [0.15, 0.2) is 48.5 Å². The van der Waals surface area contributed by atoms with E-state index in [1.807, 2.05) is 30.3 Å². The van der Waals surface area contributed by atoms with Gasteiger partial charge in [-0.3, -0.25) is 0 Å². The van der Waals surface area contributed by atoms with Crippen LogP contribution in [0.5, 0.6) is 11.5 Å². The van der Waals surface area contributed by atoms with Gasteiger partial charge >= 0.3 is 0 Å². The molecular formula is C18H21ClO2. The highest BCUT2D eigenvalue weighted by atomic mass is 35.5. The maximum absolute atomic E-state index is 5.83. The average Bonchev–Trinajstić information content (AvgIpc) is 2.54. The predicted octanol–water partition coefficient (Wildman–Crippen LogP) is 4.84. The number of hydrogen-bond acceptors (Lipinski definition) is 2. The van der Waals surface area contributed by atoms with Gasteiger partial charge in [0.05, 0.1) is 6.61 Å². The first-order chi connectivity index (χ1) is 10.3. The molecule has 0 atom stereocenters. The summed E-state index contributed by atoms with van der Waals surface area (Å²) in [6.07, 6.45) is 1.79. The number of benzene rings is 2. The van der Waals surface area contributed by atoms with Gasteiger partial charge in [-0.2, -0.15) is 0 Å². The molecule has 112 valence electrons. The lowest BCUT2D eigenvalue weighted by atomic mass is 10.1. The van der Waals surface area contributed by atoms with Gasteiger partial charge in [-0.05, 0) is 30.0 Å². The third-order valence-electron chi connectivity index (χ3n) is 3.20. The molecule has 0 bridgehead atoms. The molecule has 0 spiro atoms. The molecule has 2 aromatic carbocycles. The van der Waals surface area contributed by atoms with Gasteiger partial charge in [0.15, 0.2) is 0 Å². The Morgan fingerprint density at radius 3 is 2.52 bits per heavy atom. The van der Waals surface area contributed by atoms with Crippen LogP contribution in [0, 0.1) is 0 Å². The van der Waals surface area contributed by atoms with E-state index in [2.05, 4.69) is 25.1 Å². The summed E-state index contributed by atoms with van der Waals surface area (Å²) in [5, 5.41) is 0. The molecule has 0 unspecified atom stereocenters. The Balaban J connectivity index is 2.01. The molecule has 0 saturated carbocycles. The fourth-order valence-electron chi connectivity index (χ4n) is 2.03. The summed E-state index contributed by atoms with van der Waals surface area (Å²) in [5.74, 6) is 2.34. The van der Waals surface area contributed by atoms with Crippen LogP contribution in [0.1, 0.15) is 24.5 Å². The summed E-state index contributed by atoms with van der Waals surface area (Å²) in [5.41, 5.74) is 2.35. The monoisotopic (exact) mass is 304 g/mol. The van der Waals surface area contributed by atoms with E-state index in [1.54, 1.807) is 0 Å². The van der Waals surface area contributed by atoms with E-state index in [0.717, 1.165) is 29.9 Å². The van der Waals surface area contributed by atoms with Gasteiger partial charge in [0.2, 0.25) is 0 Å². The van der Waals surface area contributed by atoms with Gasteiger partial charge in [0.1, 0.15) is 18.1 Å². The first-order valence-electron chi connectivity index (χ1n) is 7.32. The highest BCUT2D eigenvalue weighted by Gasteiger charge is 2.05. The maximum atomic E-state index is 5.83. The quantitative estimate of drug-likeness (QED) is 0.513. The van der Waals surface area contributed by atoms with E-state index in [9.17, 15) is 0 Å². The minimum absolute atomic E-state index is 0.563. The van der Waals surface area contributed by atoms with E-state index in [4.69, 9.17) is 21.1 Å². The van der Waals surface area contributed by atoms with Crippen molar-refractivity contribution in [2.75, 3.05) is 12.5 Å². The molecule has 0 aromatic heterocycles.